The molecule has 20 heavy (non-hydrogen) atoms. The van der Waals surface area contributed by atoms with Crippen LogP contribution in [-0.2, 0) is 14.8 Å². The fourth-order valence-corrected chi connectivity index (χ4v) is 3.28. The van der Waals surface area contributed by atoms with Crippen molar-refractivity contribution >= 4 is 21.8 Å². The van der Waals surface area contributed by atoms with Crippen LogP contribution in [0.3, 0.4) is 0 Å². The first-order valence-electron chi connectivity index (χ1n) is 6.24. The second-order valence-electron chi connectivity index (χ2n) is 5.06. The van der Waals surface area contributed by atoms with Crippen LogP contribution in [0.1, 0.15) is 25.8 Å². The number of aliphatic carboxylic acids is 1. The number of nitrogens with zero attached hydrogens (tertiary/aromatic N) is 1. The van der Waals surface area contributed by atoms with Crippen molar-refractivity contribution in [2.24, 2.45) is 10.9 Å². The standard InChI is InChI=1S/C13H16N2O4S/c1-8(2)7-10(13(16)17)14-12-9-5-3-4-6-11(9)20(18,19)15-12/h3-6,8,10H,7H2,1-2H3,(H,14,15)(H,16,17)/t10-/m0/s1. The van der Waals surface area contributed by atoms with Crippen LogP contribution in [0.4, 0.5) is 0 Å². The molecule has 0 fully saturated rings. The van der Waals surface area contributed by atoms with Gasteiger partial charge in [0.2, 0.25) is 0 Å². The lowest BCUT2D eigenvalue weighted by molar-refractivity contribution is -0.138. The van der Waals surface area contributed by atoms with E-state index in [1.54, 1.807) is 18.2 Å². The summed E-state index contributed by atoms with van der Waals surface area (Å²) in [5.41, 5.74) is 0.419. The van der Waals surface area contributed by atoms with Crippen LogP contribution in [-0.4, -0.2) is 31.4 Å². The van der Waals surface area contributed by atoms with Gasteiger partial charge in [-0.2, -0.15) is 0 Å². The molecule has 0 saturated heterocycles. The Morgan fingerprint density at radius 2 is 2.00 bits per heavy atom. The maximum Gasteiger partial charge on any atom is 0.328 e. The van der Waals surface area contributed by atoms with E-state index in [9.17, 15) is 18.3 Å². The number of benzene rings is 1. The Morgan fingerprint density at radius 3 is 2.60 bits per heavy atom. The van der Waals surface area contributed by atoms with Gasteiger partial charge in [-0.15, -0.1) is 0 Å². The summed E-state index contributed by atoms with van der Waals surface area (Å²) >= 11 is 0. The van der Waals surface area contributed by atoms with Gasteiger partial charge < -0.3 is 5.11 Å². The number of nitrogens with one attached hydrogen (secondary N) is 1. The lowest BCUT2D eigenvalue weighted by Gasteiger charge is -2.11. The van der Waals surface area contributed by atoms with Crippen LogP contribution >= 0.6 is 0 Å². The van der Waals surface area contributed by atoms with E-state index in [1.165, 1.54) is 6.07 Å². The molecule has 0 amide bonds. The van der Waals surface area contributed by atoms with Crippen LogP contribution in [0.15, 0.2) is 34.2 Å². The predicted octanol–water partition coefficient (Wildman–Crippen LogP) is 1.22. The molecule has 2 rings (SSSR count). The third-order valence-corrected chi connectivity index (χ3v) is 4.32. The first-order chi connectivity index (χ1) is 9.31. The largest absolute Gasteiger partial charge is 0.480 e. The fraction of sp³-hybridized carbons (Fsp3) is 0.385. The molecule has 2 N–H and O–H groups in total. The molecule has 0 radical (unpaired) electrons. The maximum absolute atomic E-state index is 11.9. The Bertz CT molecular complexity index is 665. The molecule has 108 valence electrons. The molecule has 6 nitrogen and oxygen atoms in total. The number of sulfonamides is 1. The molecule has 0 saturated carbocycles. The maximum atomic E-state index is 11.9. The van der Waals surface area contributed by atoms with Crippen molar-refractivity contribution in [2.75, 3.05) is 0 Å². The minimum atomic E-state index is -3.63. The van der Waals surface area contributed by atoms with Gasteiger partial charge in [0.05, 0.1) is 4.90 Å². The molecule has 0 spiro atoms. The van der Waals surface area contributed by atoms with E-state index in [2.05, 4.69) is 9.71 Å². The van der Waals surface area contributed by atoms with E-state index >= 15 is 0 Å². The minimum Gasteiger partial charge on any atom is -0.480 e. The van der Waals surface area contributed by atoms with Gasteiger partial charge in [-0.05, 0) is 24.5 Å². The van der Waals surface area contributed by atoms with Crippen molar-refractivity contribution in [3.63, 3.8) is 0 Å². The van der Waals surface area contributed by atoms with Gasteiger partial charge in [0.1, 0.15) is 11.9 Å². The number of carboxylic acids is 1. The monoisotopic (exact) mass is 296 g/mol. The van der Waals surface area contributed by atoms with Gasteiger partial charge in [0.15, 0.2) is 0 Å². The molecule has 1 aromatic carbocycles. The summed E-state index contributed by atoms with van der Waals surface area (Å²) in [4.78, 5) is 15.4. The average Bonchev–Trinajstić information content (AvgIpc) is 2.60. The summed E-state index contributed by atoms with van der Waals surface area (Å²) in [7, 11) is -3.63. The first-order valence-corrected chi connectivity index (χ1v) is 7.72. The first kappa shape index (κ1) is 14.5. The van der Waals surface area contributed by atoms with Gasteiger partial charge in [0.25, 0.3) is 10.0 Å². The summed E-state index contributed by atoms with van der Waals surface area (Å²) in [5, 5.41) is 9.18. The Morgan fingerprint density at radius 1 is 1.35 bits per heavy atom. The van der Waals surface area contributed by atoms with E-state index in [4.69, 9.17) is 0 Å². The summed E-state index contributed by atoms with van der Waals surface area (Å²) in [5.74, 6) is -0.808. The molecule has 1 aliphatic heterocycles. The quantitative estimate of drug-likeness (QED) is 0.873. The molecule has 1 aromatic rings. The highest BCUT2D eigenvalue weighted by Gasteiger charge is 2.31. The number of hydrogen-bond donors (Lipinski definition) is 2. The number of carboxylic acid groups (broad SMARTS) is 1. The number of aliphatic imine (C=N–C) groups is 1. The van der Waals surface area contributed by atoms with Gasteiger partial charge in [-0.25, -0.2) is 13.2 Å². The minimum absolute atomic E-state index is 0.105. The highest BCUT2D eigenvalue weighted by molar-refractivity contribution is 7.90. The summed E-state index contributed by atoms with van der Waals surface area (Å²) < 4.78 is 26.1. The van der Waals surface area contributed by atoms with Crippen molar-refractivity contribution in [2.45, 2.75) is 31.2 Å². The predicted molar refractivity (Wildman–Crippen MR) is 74.2 cm³/mol. The van der Waals surface area contributed by atoms with Crippen molar-refractivity contribution in [1.29, 1.82) is 0 Å². The van der Waals surface area contributed by atoms with Crippen LogP contribution in [0.25, 0.3) is 0 Å². The molecular weight excluding hydrogens is 280 g/mol. The van der Waals surface area contributed by atoms with Gasteiger partial charge in [0, 0.05) is 5.56 Å². The smallest absolute Gasteiger partial charge is 0.328 e. The van der Waals surface area contributed by atoms with E-state index in [-0.39, 0.29) is 16.6 Å². The summed E-state index contributed by atoms with van der Waals surface area (Å²) in [6.07, 6.45) is 0.350. The van der Waals surface area contributed by atoms with Gasteiger partial charge in [-0.3, -0.25) is 9.71 Å². The van der Waals surface area contributed by atoms with Crippen molar-refractivity contribution in [3.05, 3.63) is 29.8 Å². The number of carbonyl (C=O) groups is 1. The Hall–Kier alpha value is -1.89. The zero-order chi connectivity index (χ0) is 14.9. The normalized spacial score (nSPS) is 19.6. The van der Waals surface area contributed by atoms with Crippen molar-refractivity contribution in [3.8, 4) is 0 Å². The third kappa shape index (κ3) is 2.82. The molecule has 1 atom stereocenters. The van der Waals surface area contributed by atoms with Crippen molar-refractivity contribution in [1.82, 2.24) is 4.72 Å². The van der Waals surface area contributed by atoms with E-state index in [1.807, 2.05) is 13.8 Å². The molecular formula is C13H16N2O4S. The fourth-order valence-electron chi connectivity index (χ4n) is 2.04. The number of amidine groups is 1. The second kappa shape index (κ2) is 5.24. The van der Waals surface area contributed by atoms with Gasteiger partial charge in [-0.1, -0.05) is 26.0 Å². The third-order valence-electron chi connectivity index (χ3n) is 2.93. The number of fused-ring (bicyclic) bond motifs is 1. The number of hydrogen-bond acceptors (Lipinski definition) is 4. The zero-order valence-corrected chi connectivity index (χ0v) is 12.0. The molecule has 1 aliphatic rings. The van der Waals surface area contributed by atoms with Crippen LogP contribution in [0.5, 0.6) is 0 Å². The molecule has 0 aromatic heterocycles. The molecule has 0 unspecified atom stereocenters. The van der Waals surface area contributed by atoms with E-state index < -0.39 is 22.0 Å². The van der Waals surface area contributed by atoms with E-state index in [0.29, 0.717) is 12.0 Å². The molecule has 1 heterocycles. The van der Waals surface area contributed by atoms with Crippen LogP contribution < -0.4 is 4.72 Å². The Labute approximate surface area is 117 Å². The SMILES string of the molecule is CC(C)C[C@H](N=C1NS(=O)(=O)c2ccccc21)C(=O)O. The Balaban J connectivity index is 2.43. The van der Waals surface area contributed by atoms with Gasteiger partial charge >= 0.3 is 5.97 Å². The second-order valence-corrected chi connectivity index (χ2v) is 6.71. The highest BCUT2D eigenvalue weighted by atomic mass is 32.2. The topological polar surface area (TPSA) is 95.8 Å². The summed E-state index contributed by atoms with van der Waals surface area (Å²) in [6.45, 7) is 3.78. The van der Waals surface area contributed by atoms with Crippen LogP contribution in [0, 0.1) is 5.92 Å². The lowest BCUT2D eigenvalue weighted by atomic mass is 10.0. The summed E-state index contributed by atoms with van der Waals surface area (Å²) in [6, 6.07) is 5.43. The van der Waals surface area contributed by atoms with Crippen LogP contribution in [0.2, 0.25) is 0 Å². The lowest BCUT2D eigenvalue weighted by Crippen LogP contribution is -2.27. The Kier molecular flexibility index (Phi) is 3.80. The average molecular weight is 296 g/mol. The molecule has 0 bridgehead atoms. The number of rotatable bonds is 4. The highest BCUT2D eigenvalue weighted by Crippen LogP contribution is 2.23. The van der Waals surface area contributed by atoms with E-state index in [0.717, 1.165) is 0 Å². The zero-order valence-electron chi connectivity index (χ0n) is 11.2. The van der Waals surface area contributed by atoms with Crippen molar-refractivity contribution < 1.29 is 18.3 Å². The molecule has 7 heteroatoms. The molecule has 0 aliphatic carbocycles.